The number of pyridine rings is 1. The first-order valence-corrected chi connectivity index (χ1v) is 5.94. The number of likely N-dealkylation sites (tertiary alicyclic amines) is 1. The fourth-order valence-corrected chi connectivity index (χ4v) is 2.43. The lowest BCUT2D eigenvalue weighted by atomic mass is 9.91. The minimum absolute atomic E-state index is 0.561. The summed E-state index contributed by atoms with van der Waals surface area (Å²) >= 11 is 0. The quantitative estimate of drug-likeness (QED) is 0.865. The van der Waals surface area contributed by atoms with Crippen molar-refractivity contribution in [1.82, 2.24) is 9.88 Å². The number of aliphatic carboxylic acids is 1. The summed E-state index contributed by atoms with van der Waals surface area (Å²) in [6.07, 6.45) is 4.37. The molecule has 0 saturated carbocycles. The van der Waals surface area contributed by atoms with E-state index >= 15 is 0 Å². The summed E-state index contributed by atoms with van der Waals surface area (Å²) in [5.74, 6) is -0.245. The molecule has 1 N–H and O–H groups in total. The van der Waals surface area contributed by atoms with Gasteiger partial charge in [-0.1, -0.05) is 13.0 Å². The zero-order valence-corrected chi connectivity index (χ0v) is 10.3. The molecule has 0 amide bonds. The van der Waals surface area contributed by atoms with Crippen LogP contribution >= 0.6 is 0 Å². The molecule has 1 aliphatic rings. The van der Waals surface area contributed by atoms with E-state index in [1.165, 1.54) is 0 Å². The number of rotatable bonds is 3. The Morgan fingerprint density at radius 1 is 1.65 bits per heavy atom. The Morgan fingerprint density at radius 2 is 2.41 bits per heavy atom. The van der Waals surface area contributed by atoms with Crippen LogP contribution in [0.2, 0.25) is 0 Å². The zero-order valence-electron chi connectivity index (χ0n) is 10.3. The van der Waals surface area contributed by atoms with Gasteiger partial charge in [0.05, 0.1) is 0 Å². The number of nitrogens with zero attached hydrogens (tertiary/aromatic N) is 2. The summed E-state index contributed by atoms with van der Waals surface area (Å²) in [5.41, 5.74) is -0.208. The van der Waals surface area contributed by atoms with Crippen LogP contribution in [0, 0.1) is 5.92 Å². The normalized spacial score (nSPS) is 24.5. The monoisotopic (exact) mass is 234 g/mol. The average Bonchev–Trinajstić information content (AvgIpc) is 2.76. The van der Waals surface area contributed by atoms with E-state index in [0.29, 0.717) is 5.92 Å². The fourth-order valence-electron chi connectivity index (χ4n) is 2.43. The molecule has 4 heteroatoms. The van der Waals surface area contributed by atoms with Crippen LogP contribution in [0.25, 0.3) is 0 Å². The SMILES string of the molecule is CC1CCN(C(C)(C(=O)O)c2cccnc2)C1. The van der Waals surface area contributed by atoms with E-state index in [-0.39, 0.29) is 0 Å². The van der Waals surface area contributed by atoms with Gasteiger partial charge in [-0.25, -0.2) is 4.79 Å². The first kappa shape index (κ1) is 12.0. The number of aromatic nitrogens is 1. The molecule has 1 aliphatic heterocycles. The molecule has 2 atom stereocenters. The Balaban J connectivity index is 2.37. The lowest BCUT2D eigenvalue weighted by Crippen LogP contribution is -2.48. The molecular formula is C13H18N2O2. The molecule has 92 valence electrons. The Hall–Kier alpha value is -1.42. The predicted molar refractivity (Wildman–Crippen MR) is 64.6 cm³/mol. The van der Waals surface area contributed by atoms with Crippen LogP contribution in [-0.2, 0) is 10.3 Å². The molecule has 0 aromatic carbocycles. The van der Waals surface area contributed by atoms with Gasteiger partial charge in [0.15, 0.2) is 0 Å². The van der Waals surface area contributed by atoms with Gasteiger partial charge in [0.2, 0.25) is 0 Å². The average molecular weight is 234 g/mol. The van der Waals surface area contributed by atoms with E-state index in [1.54, 1.807) is 25.4 Å². The van der Waals surface area contributed by atoms with Gasteiger partial charge in [-0.2, -0.15) is 0 Å². The van der Waals surface area contributed by atoms with Gasteiger partial charge in [-0.15, -0.1) is 0 Å². The molecule has 0 bridgehead atoms. The van der Waals surface area contributed by atoms with Crippen LogP contribution in [0.3, 0.4) is 0 Å². The minimum atomic E-state index is -0.959. The second kappa shape index (κ2) is 4.45. The van der Waals surface area contributed by atoms with Gasteiger partial charge in [0, 0.05) is 24.5 Å². The Kier molecular flexibility index (Phi) is 3.15. The second-order valence-electron chi connectivity index (χ2n) is 4.96. The highest BCUT2D eigenvalue weighted by Gasteiger charge is 2.43. The van der Waals surface area contributed by atoms with Crippen molar-refractivity contribution in [3.05, 3.63) is 30.1 Å². The molecule has 2 heterocycles. The third kappa shape index (κ3) is 2.05. The van der Waals surface area contributed by atoms with Crippen molar-refractivity contribution in [3.63, 3.8) is 0 Å². The van der Waals surface area contributed by atoms with Crippen LogP contribution in [0.15, 0.2) is 24.5 Å². The third-order valence-electron chi connectivity index (χ3n) is 3.70. The summed E-state index contributed by atoms with van der Waals surface area (Å²) < 4.78 is 0. The summed E-state index contributed by atoms with van der Waals surface area (Å²) in [7, 11) is 0. The van der Waals surface area contributed by atoms with Gasteiger partial charge >= 0.3 is 5.97 Å². The molecule has 2 rings (SSSR count). The van der Waals surface area contributed by atoms with E-state index in [0.717, 1.165) is 25.1 Å². The maximum Gasteiger partial charge on any atom is 0.328 e. The lowest BCUT2D eigenvalue weighted by molar-refractivity contribution is -0.150. The zero-order chi connectivity index (χ0) is 12.5. The first-order chi connectivity index (χ1) is 8.05. The van der Waals surface area contributed by atoms with Crippen molar-refractivity contribution in [2.45, 2.75) is 25.8 Å². The van der Waals surface area contributed by atoms with Crippen LogP contribution in [0.1, 0.15) is 25.8 Å². The maximum atomic E-state index is 11.6. The molecule has 2 unspecified atom stereocenters. The Morgan fingerprint density at radius 3 is 2.88 bits per heavy atom. The summed E-state index contributed by atoms with van der Waals surface area (Å²) in [6, 6.07) is 3.63. The van der Waals surface area contributed by atoms with E-state index in [1.807, 2.05) is 11.0 Å². The predicted octanol–water partition coefficient (Wildman–Crippen LogP) is 1.72. The molecule has 1 aromatic heterocycles. The molecule has 0 aliphatic carbocycles. The largest absolute Gasteiger partial charge is 0.480 e. The third-order valence-corrected chi connectivity index (χ3v) is 3.70. The van der Waals surface area contributed by atoms with Crippen LogP contribution in [-0.4, -0.2) is 34.0 Å². The molecule has 1 aromatic rings. The van der Waals surface area contributed by atoms with Gasteiger partial charge < -0.3 is 5.11 Å². The fraction of sp³-hybridized carbons (Fsp3) is 0.538. The van der Waals surface area contributed by atoms with Crippen LogP contribution in [0.5, 0.6) is 0 Å². The van der Waals surface area contributed by atoms with Crippen molar-refractivity contribution in [1.29, 1.82) is 0 Å². The number of hydrogen-bond donors (Lipinski definition) is 1. The van der Waals surface area contributed by atoms with Gasteiger partial charge in [0.25, 0.3) is 0 Å². The van der Waals surface area contributed by atoms with Gasteiger partial charge in [0.1, 0.15) is 5.54 Å². The van der Waals surface area contributed by atoms with E-state index < -0.39 is 11.5 Å². The standard InChI is InChI=1S/C13H18N2O2/c1-10-5-7-15(9-10)13(2,12(16)17)11-4-3-6-14-8-11/h3-4,6,8,10H,5,7,9H2,1-2H3,(H,16,17). The number of hydrogen-bond acceptors (Lipinski definition) is 3. The molecule has 0 spiro atoms. The topological polar surface area (TPSA) is 53.4 Å². The minimum Gasteiger partial charge on any atom is -0.480 e. The van der Waals surface area contributed by atoms with Crippen molar-refractivity contribution >= 4 is 5.97 Å². The van der Waals surface area contributed by atoms with Gasteiger partial charge in [-0.3, -0.25) is 9.88 Å². The lowest BCUT2D eigenvalue weighted by Gasteiger charge is -2.35. The van der Waals surface area contributed by atoms with E-state index in [4.69, 9.17) is 0 Å². The van der Waals surface area contributed by atoms with E-state index in [9.17, 15) is 9.90 Å². The summed E-state index contributed by atoms with van der Waals surface area (Å²) in [4.78, 5) is 17.7. The van der Waals surface area contributed by atoms with Crippen LogP contribution < -0.4 is 0 Å². The second-order valence-corrected chi connectivity index (χ2v) is 4.96. The van der Waals surface area contributed by atoms with Crippen LogP contribution in [0.4, 0.5) is 0 Å². The summed E-state index contributed by atoms with van der Waals surface area (Å²) in [6.45, 7) is 5.59. The maximum absolute atomic E-state index is 11.6. The highest BCUT2D eigenvalue weighted by atomic mass is 16.4. The Bertz CT molecular complexity index is 407. The highest BCUT2D eigenvalue weighted by Crippen LogP contribution is 2.33. The van der Waals surface area contributed by atoms with E-state index in [2.05, 4.69) is 11.9 Å². The Labute approximate surface area is 101 Å². The smallest absolute Gasteiger partial charge is 0.328 e. The summed E-state index contributed by atoms with van der Waals surface area (Å²) in [5, 5.41) is 9.56. The van der Waals surface area contributed by atoms with Crippen molar-refractivity contribution in [2.75, 3.05) is 13.1 Å². The molecule has 0 radical (unpaired) electrons. The molecule has 4 nitrogen and oxygen atoms in total. The number of carboxylic acid groups (broad SMARTS) is 1. The molecule has 1 fully saturated rings. The first-order valence-electron chi connectivity index (χ1n) is 5.94. The highest BCUT2D eigenvalue weighted by molar-refractivity contribution is 5.80. The molecule has 1 saturated heterocycles. The number of carboxylic acids is 1. The van der Waals surface area contributed by atoms with Gasteiger partial charge in [-0.05, 0) is 31.9 Å². The molecule has 17 heavy (non-hydrogen) atoms. The number of carbonyl (C=O) groups is 1. The van der Waals surface area contributed by atoms with Crippen molar-refractivity contribution in [2.24, 2.45) is 5.92 Å². The molecular weight excluding hydrogens is 216 g/mol. The van der Waals surface area contributed by atoms with Crippen molar-refractivity contribution in [3.8, 4) is 0 Å². The van der Waals surface area contributed by atoms with Crippen molar-refractivity contribution < 1.29 is 9.90 Å².